The van der Waals surface area contributed by atoms with Crippen molar-refractivity contribution in [2.75, 3.05) is 10.0 Å². The summed E-state index contributed by atoms with van der Waals surface area (Å²) < 4.78 is 28.9. The largest absolute Gasteiger partial charge is 0.465 e. The topological polar surface area (TPSA) is 137 Å². The molecule has 194 valence electrons. The first-order valence-electron chi connectivity index (χ1n) is 11.7. The van der Waals surface area contributed by atoms with Crippen LogP contribution in [0.2, 0.25) is 0 Å². The lowest BCUT2D eigenvalue weighted by Crippen LogP contribution is -2.28. The van der Waals surface area contributed by atoms with Crippen LogP contribution in [0.5, 0.6) is 0 Å². The van der Waals surface area contributed by atoms with Crippen LogP contribution in [-0.4, -0.2) is 25.6 Å². The van der Waals surface area contributed by atoms with Crippen molar-refractivity contribution in [2.24, 2.45) is 0 Å². The molecule has 0 aliphatic carbocycles. The standard InChI is InChI=1S/C28H26N4O5S/c33-27(29-18-20-7-6-8-21(17-20)19-30-28(34)35)31-23-13-15-24(16-14-23)32-38(36,37)26-12-5-4-11-25(26)22-9-2-1-3-10-22/h1-17,30,32H,18-19H2,(H,34,35)(H2,29,31,33). The van der Waals surface area contributed by atoms with Gasteiger partial charge < -0.3 is 21.1 Å². The quantitative estimate of drug-likeness (QED) is 0.201. The Morgan fingerprint density at radius 2 is 1.29 bits per heavy atom. The van der Waals surface area contributed by atoms with Gasteiger partial charge in [0.1, 0.15) is 0 Å². The first kappa shape index (κ1) is 26.2. The van der Waals surface area contributed by atoms with E-state index in [1.54, 1.807) is 66.7 Å². The van der Waals surface area contributed by atoms with Gasteiger partial charge in [0.15, 0.2) is 0 Å². The van der Waals surface area contributed by atoms with E-state index in [2.05, 4.69) is 20.7 Å². The number of benzene rings is 4. The summed E-state index contributed by atoms with van der Waals surface area (Å²) in [5, 5.41) is 16.5. The van der Waals surface area contributed by atoms with Gasteiger partial charge in [-0.15, -0.1) is 0 Å². The number of sulfonamides is 1. The zero-order valence-corrected chi connectivity index (χ0v) is 21.0. The monoisotopic (exact) mass is 530 g/mol. The lowest BCUT2D eigenvalue weighted by molar-refractivity contribution is 0.194. The van der Waals surface area contributed by atoms with Crippen molar-refractivity contribution in [1.29, 1.82) is 0 Å². The highest BCUT2D eigenvalue weighted by Gasteiger charge is 2.19. The molecule has 4 rings (SSSR count). The van der Waals surface area contributed by atoms with Gasteiger partial charge in [-0.25, -0.2) is 18.0 Å². The number of nitrogens with one attached hydrogen (secondary N) is 4. The number of amides is 3. The number of hydrogen-bond donors (Lipinski definition) is 5. The third-order valence-corrected chi connectivity index (χ3v) is 6.98. The second-order valence-corrected chi connectivity index (χ2v) is 9.98. The van der Waals surface area contributed by atoms with Gasteiger partial charge >= 0.3 is 12.1 Å². The second kappa shape index (κ2) is 11.9. The fourth-order valence-electron chi connectivity index (χ4n) is 3.77. The molecule has 0 bridgehead atoms. The van der Waals surface area contributed by atoms with Crippen molar-refractivity contribution >= 4 is 33.5 Å². The van der Waals surface area contributed by atoms with Crippen LogP contribution >= 0.6 is 0 Å². The molecule has 4 aromatic rings. The van der Waals surface area contributed by atoms with Crippen molar-refractivity contribution < 1.29 is 23.1 Å². The molecule has 0 atom stereocenters. The summed E-state index contributed by atoms with van der Waals surface area (Å²) in [6.07, 6.45) is -1.11. The summed E-state index contributed by atoms with van der Waals surface area (Å²) in [5.74, 6) is 0. The van der Waals surface area contributed by atoms with Gasteiger partial charge in [0.05, 0.1) is 4.90 Å². The van der Waals surface area contributed by atoms with Crippen LogP contribution in [0.3, 0.4) is 0 Å². The number of carbonyl (C=O) groups excluding carboxylic acids is 1. The van der Waals surface area contributed by atoms with Crippen molar-refractivity contribution in [3.8, 4) is 11.1 Å². The van der Waals surface area contributed by atoms with Crippen LogP contribution in [-0.2, 0) is 23.1 Å². The lowest BCUT2D eigenvalue weighted by Gasteiger charge is -2.13. The predicted octanol–water partition coefficient (Wildman–Crippen LogP) is 5.24. The van der Waals surface area contributed by atoms with E-state index in [9.17, 15) is 18.0 Å². The number of carbonyl (C=O) groups is 2. The molecule has 4 aromatic carbocycles. The summed E-state index contributed by atoms with van der Waals surface area (Å²) in [6.45, 7) is 0.411. The number of rotatable bonds is 9. The van der Waals surface area contributed by atoms with Crippen LogP contribution < -0.4 is 20.7 Å². The first-order chi connectivity index (χ1) is 18.3. The molecule has 0 spiro atoms. The summed E-state index contributed by atoms with van der Waals surface area (Å²) in [5.41, 5.74) is 3.81. The van der Waals surface area contributed by atoms with Crippen molar-refractivity contribution in [3.63, 3.8) is 0 Å². The van der Waals surface area contributed by atoms with Crippen LogP contribution in [0.4, 0.5) is 21.0 Å². The highest BCUT2D eigenvalue weighted by molar-refractivity contribution is 7.92. The number of hydrogen-bond acceptors (Lipinski definition) is 4. The zero-order valence-electron chi connectivity index (χ0n) is 20.2. The molecule has 0 unspecified atom stereocenters. The molecule has 0 saturated heterocycles. The molecule has 0 radical (unpaired) electrons. The third-order valence-electron chi connectivity index (χ3n) is 5.54. The van der Waals surface area contributed by atoms with Crippen LogP contribution in [0.1, 0.15) is 11.1 Å². The van der Waals surface area contributed by atoms with E-state index in [1.165, 1.54) is 0 Å². The van der Waals surface area contributed by atoms with Gasteiger partial charge in [0.2, 0.25) is 0 Å². The van der Waals surface area contributed by atoms with Crippen molar-refractivity contribution in [1.82, 2.24) is 10.6 Å². The van der Waals surface area contributed by atoms with Gasteiger partial charge in [-0.2, -0.15) is 0 Å². The van der Waals surface area contributed by atoms with E-state index in [4.69, 9.17) is 5.11 Å². The maximum atomic E-state index is 13.2. The van der Waals surface area contributed by atoms with E-state index in [1.807, 2.05) is 36.4 Å². The van der Waals surface area contributed by atoms with Crippen LogP contribution in [0.25, 0.3) is 11.1 Å². The Bertz CT molecular complexity index is 1520. The maximum Gasteiger partial charge on any atom is 0.404 e. The highest BCUT2D eigenvalue weighted by atomic mass is 32.2. The van der Waals surface area contributed by atoms with E-state index in [0.717, 1.165) is 16.7 Å². The van der Waals surface area contributed by atoms with Gasteiger partial charge in [-0.1, -0.05) is 72.8 Å². The Morgan fingerprint density at radius 1 is 0.684 bits per heavy atom. The Kier molecular flexibility index (Phi) is 8.24. The SMILES string of the molecule is O=C(O)NCc1cccc(CNC(=O)Nc2ccc(NS(=O)(=O)c3ccccc3-c3ccccc3)cc2)c1. The molecular weight excluding hydrogens is 504 g/mol. The molecule has 0 aliphatic rings. The molecule has 5 N–H and O–H groups in total. The Hall–Kier alpha value is -4.83. The molecule has 0 aliphatic heterocycles. The average Bonchev–Trinajstić information content (AvgIpc) is 2.92. The van der Waals surface area contributed by atoms with Gasteiger partial charge in [-0.05, 0) is 47.0 Å². The molecule has 0 fully saturated rings. The highest BCUT2D eigenvalue weighted by Crippen LogP contribution is 2.28. The Morgan fingerprint density at radius 3 is 1.97 bits per heavy atom. The fraction of sp³-hybridized carbons (Fsp3) is 0.0714. The van der Waals surface area contributed by atoms with E-state index in [0.29, 0.717) is 16.9 Å². The molecular formula is C28H26N4O5S. The van der Waals surface area contributed by atoms with E-state index < -0.39 is 22.1 Å². The van der Waals surface area contributed by atoms with E-state index in [-0.39, 0.29) is 18.0 Å². The summed E-state index contributed by atoms with van der Waals surface area (Å²) in [7, 11) is -3.87. The summed E-state index contributed by atoms with van der Waals surface area (Å²) >= 11 is 0. The molecule has 0 heterocycles. The van der Waals surface area contributed by atoms with Gasteiger partial charge in [-0.3, -0.25) is 4.72 Å². The minimum Gasteiger partial charge on any atom is -0.465 e. The molecule has 9 nitrogen and oxygen atoms in total. The molecule has 10 heteroatoms. The summed E-state index contributed by atoms with van der Waals surface area (Å²) in [4.78, 5) is 23.2. The molecule has 38 heavy (non-hydrogen) atoms. The zero-order chi connectivity index (χ0) is 27.0. The fourth-order valence-corrected chi connectivity index (χ4v) is 5.06. The molecule has 0 aromatic heterocycles. The molecule has 0 saturated carbocycles. The van der Waals surface area contributed by atoms with Crippen LogP contribution in [0, 0.1) is 0 Å². The normalized spacial score (nSPS) is 10.8. The maximum absolute atomic E-state index is 13.2. The average molecular weight is 531 g/mol. The number of urea groups is 1. The van der Waals surface area contributed by atoms with Crippen molar-refractivity contribution in [2.45, 2.75) is 18.0 Å². The van der Waals surface area contributed by atoms with Gasteiger partial charge in [0.25, 0.3) is 10.0 Å². The first-order valence-corrected chi connectivity index (χ1v) is 13.2. The Balaban J connectivity index is 1.35. The smallest absolute Gasteiger partial charge is 0.404 e. The lowest BCUT2D eigenvalue weighted by atomic mass is 10.1. The number of anilines is 2. The number of carboxylic acid groups (broad SMARTS) is 1. The summed E-state index contributed by atoms with van der Waals surface area (Å²) in [6, 6.07) is 29.1. The van der Waals surface area contributed by atoms with Gasteiger partial charge in [0, 0.05) is 30.0 Å². The van der Waals surface area contributed by atoms with Crippen LogP contribution in [0.15, 0.2) is 108 Å². The second-order valence-electron chi connectivity index (χ2n) is 8.33. The Labute approximate surface area is 220 Å². The minimum atomic E-state index is -3.87. The third kappa shape index (κ3) is 7.11. The predicted molar refractivity (Wildman–Crippen MR) is 146 cm³/mol. The van der Waals surface area contributed by atoms with E-state index >= 15 is 0 Å². The minimum absolute atomic E-state index is 0.163. The van der Waals surface area contributed by atoms with Crippen molar-refractivity contribution in [3.05, 3.63) is 114 Å². The molecule has 3 amide bonds.